The maximum atomic E-state index is 11.5. The highest BCUT2D eigenvalue weighted by atomic mass is 16.5. The minimum atomic E-state index is -1.15. The molecule has 0 saturated carbocycles. The van der Waals surface area contributed by atoms with Gasteiger partial charge in [-0.25, -0.2) is 19.2 Å². The minimum absolute atomic E-state index is 0.0375. The van der Waals surface area contributed by atoms with Gasteiger partial charge >= 0.3 is 23.9 Å². The number of ether oxygens (including phenoxy) is 1. The topological polar surface area (TPSA) is 170 Å². The fourth-order valence-electron chi connectivity index (χ4n) is 2.76. The van der Waals surface area contributed by atoms with E-state index in [0.717, 1.165) is 0 Å². The van der Waals surface area contributed by atoms with E-state index in [4.69, 9.17) is 20.1 Å². The molecule has 2 rings (SSSR count). The number of hydrogen-bond acceptors (Lipinski definition) is 5. The predicted octanol–water partition coefficient (Wildman–Crippen LogP) is 2.53. The molecule has 2 heterocycles. The van der Waals surface area contributed by atoms with Crippen LogP contribution in [0.5, 0.6) is 0 Å². The normalized spacial score (nSPS) is 10.0. The van der Waals surface area contributed by atoms with Gasteiger partial charge < -0.3 is 30.0 Å². The fourth-order valence-corrected chi connectivity index (χ4v) is 2.76. The Balaban J connectivity index is 0.000000283. The second-order valence-corrected chi connectivity index (χ2v) is 5.89. The van der Waals surface area contributed by atoms with Gasteiger partial charge in [-0.1, -0.05) is 0 Å². The smallest absolute Gasteiger partial charge is 0.352 e. The van der Waals surface area contributed by atoms with E-state index in [9.17, 15) is 19.2 Å². The van der Waals surface area contributed by atoms with Crippen LogP contribution in [-0.4, -0.2) is 55.8 Å². The van der Waals surface area contributed by atoms with E-state index in [1.54, 1.807) is 20.8 Å². The van der Waals surface area contributed by atoms with Crippen molar-refractivity contribution in [1.29, 1.82) is 0 Å². The number of hydrogen-bond donors (Lipinski definition) is 5. The van der Waals surface area contributed by atoms with E-state index < -0.39 is 23.9 Å². The molecule has 0 spiro atoms. The number of aromatic nitrogens is 2. The lowest BCUT2D eigenvalue weighted by atomic mass is 10.1. The Kier molecular flexibility index (Phi) is 7.14. The lowest BCUT2D eigenvalue weighted by molar-refractivity contribution is 0.0523. The molecule has 2 aromatic rings. The average molecular weight is 394 g/mol. The quantitative estimate of drug-likeness (QED) is 0.482. The highest BCUT2D eigenvalue weighted by Crippen LogP contribution is 2.19. The third-order valence-electron chi connectivity index (χ3n) is 4.00. The summed E-state index contributed by atoms with van der Waals surface area (Å²) in [6.45, 7) is 8.20. The Hall–Kier alpha value is -3.56. The Morgan fingerprint density at radius 3 is 1.43 bits per heavy atom. The molecular weight excluding hydrogens is 372 g/mol. The molecule has 0 aromatic carbocycles. The highest BCUT2D eigenvalue weighted by molar-refractivity contribution is 5.98. The molecule has 0 aliphatic heterocycles. The maximum Gasteiger partial charge on any atom is 0.352 e. The molecule has 0 unspecified atom stereocenters. The molecule has 5 N–H and O–H groups in total. The van der Waals surface area contributed by atoms with Gasteiger partial charge in [0.25, 0.3) is 0 Å². The van der Waals surface area contributed by atoms with E-state index in [-0.39, 0.29) is 29.1 Å². The zero-order valence-electron chi connectivity index (χ0n) is 16.1. The molecule has 10 nitrogen and oxygen atoms in total. The van der Waals surface area contributed by atoms with Crippen LogP contribution in [0.1, 0.15) is 71.1 Å². The van der Waals surface area contributed by atoms with Gasteiger partial charge in [-0.15, -0.1) is 0 Å². The van der Waals surface area contributed by atoms with Crippen molar-refractivity contribution in [2.75, 3.05) is 6.61 Å². The molecule has 0 bridgehead atoms. The van der Waals surface area contributed by atoms with Crippen molar-refractivity contribution in [2.45, 2.75) is 34.6 Å². The molecule has 28 heavy (non-hydrogen) atoms. The van der Waals surface area contributed by atoms with Gasteiger partial charge in [-0.05, 0) is 45.7 Å². The van der Waals surface area contributed by atoms with E-state index in [2.05, 4.69) is 9.97 Å². The molecule has 0 radical (unpaired) electrons. The Morgan fingerprint density at radius 1 is 0.750 bits per heavy atom. The summed E-state index contributed by atoms with van der Waals surface area (Å²) in [5.41, 5.74) is 1.89. The second kappa shape index (κ2) is 8.89. The van der Waals surface area contributed by atoms with Crippen molar-refractivity contribution in [3.05, 3.63) is 45.0 Å². The van der Waals surface area contributed by atoms with Gasteiger partial charge in [-0.2, -0.15) is 0 Å². The van der Waals surface area contributed by atoms with Gasteiger partial charge in [0, 0.05) is 11.4 Å². The Morgan fingerprint density at radius 2 is 1.14 bits per heavy atom. The molecule has 0 saturated heterocycles. The van der Waals surface area contributed by atoms with Crippen molar-refractivity contribution in [1.82, 2.24) is 9.97 Å². The summed E-state index contributed by atoms with van der Waals surface area (Å²) in [5.74, 6) is -3.82. The number of carbonyl (C=O) groups is 4. The Labute approximate surface area is 160 Å². The maximum absolute atomic E-state index is 11.5. The molecule has 0 aliphatic rings. The van der Waals surface area contributed by atoms with Crippen LogP contribution in [0.25, 0.3) is 0 Å². The number of aromatic amines is 2. The Bertz CT molecular complexity index is 936. The standard InChI is InChI=1S/C10H13NO4.C8H9NO4/c1-4-15-10(14)7-5(2)8(9(12)13)11-6(7)3;1-3-5(7(10)11)4(2)9-6(3)8(12)13/h11H,4H2,1-3H3,(H,12,13);9H,1-2H3,(H,10,11)(H,12,13). The molecule has 152 valence electrons. The summed E-state index contributed by atoms with van der Waals surface area (Å²) in [4.78, 5) is 48.7. The number of rotatable bonds is 5. The summed E-state index contributed by atoms with van der Waals surface area (Å²) in [7, 11) is 0. The van der Waals surface area contributed by atoms with Gasteiger partial charge in [0.05, 0.1) is 17.7 Å². The largest absolute Gasteiger partial charge is 0.478 e. The van der Waals surface area contributed by atoms with Crippen molar-refractivity contribution in [3.63, 3.8) is 0 Å². The van der Waals surface area contributed by atoms with Crippen molar-refractivity contribution in [3.8, 4) is 0 Å². The second-order valence-electron chi connectivity index (χ2n) is 5.89. The fraction of sp³-hybridized carbons (Fsp3) is 0.333. The molecule has 0 fully saturated rings. The zero-order valence-corrected chi connectivity index (χ0v) is 16.1. The van der Waals surface area contributed by atoms with Crippen LogP contribution in [0.15, 0.2) is 0 Å². The monoisotopic (exact) mass is 394 g/mol. The molecule has 2 aromatic heterocycles. The highest BCUT2D eigenvalue weighted by Gasteiger charge is 2.22. The summed E-state index contributed by atoms with van der Waals surface area (Å²) in [5, 5.41) is 26.2. The molecule has 0 amide bonds. The zero-order chi connectivity index (χ0) is 21.8. The minimum Gasteiger partial charge on any atom is -0.478 e. The van der Waals surface area contributed by atoms with Crippen molar-refractivity contribution < 1.29 is 39.2 Å². The SMILES string of the molecule is CCOC(=O)c1c(C)[nH]c(C(=O)O)c1C.Cc1[nH]c(C(=O)O)c(C)c1C(=O)O. The first-order chi connectivity index (χ1) is 12.9. The number of aromatic carboxylic acids is 3. The first-order valence-corrected chi connectivity index (χ1v) is 8.19. The van der Waals surface area contributed by atoms with E-state index in [0.29, 0.717) is 22.5 Å². The van der Waals surface area contributed by atoms with Crippen molar-refractivity contribution in [2.24, 2.45) is 0 Å². The van der Waals surface area contributed by atoms with Gasteiger partial charge in [0.1, 0.15) is 11.4 Å². The van der Waals surface area contributed by atoms with Crippen LogP contribution in [-0.2, 0) is 4.74 Å². The third-order valence-corrected chi connectivity index (χ3v) is 4.00. The van der Waals surface area contributed by atoms with Crippen LogP contribution in [0.2, 0.25) is 0 Å². The molecule has 0 aliphatic carbocycles. The number of carbonyl (C=O) groups excluding carboxylic acids is 1. The van der Waals surface area contributed by atoms with Gasteiger partial charge in [0.2, 0.25) is 0 Å². The van der Waals surface area contributed by atoms with Crippen LogP contribution in [0.4, 0.5) is 0 Å². The van der Waals surface area contributed by atoms with Crippen LogP contribution < -0.4 is 0 Å². The summed E-state index contributed by atoms with van der Waals surface area (Å²) >= 11 is 0. The van der Waals surface area contributed by atoms with Gasteiger partial charge in [0.15, 0.2) is 0 Å². The molecule has 0 atom stereocenters. The van der Waals surface area contributed by atoms with E-state index >= 15 is 0 Å². The molecular formula is C18H22N2O8. The lowest BCUT2D eigenvalue weighted by Crippen LogP contribution is -2.07. The molecule has 10 heteroatoms. The van der Waals surface area contributed by atoms with E-state index in [1.807, 2.05) is 0 Å². The van der Waals surface area contributed by atoms with Crippen molar-refractivity contribution >= 4 is 23.9 Å². The number of carboxylic acid groups (broad SMARTS) is 3. The van der Waals surface area contributed by atoms with E-state index in [1.165, 1.54) is 13.8 Å². The number of esters is 1. The first-order valence-electron chi connectivity index (χ1n) is 8.19. The average Bonchev–Trinajstić information content (AvgIpc) is 3.04. The number of nitrogens with one attached hydrogen (secondary N) is 2. The number of H-pyrrole nitrogens is 2. The lowest BCUT2D eigenvalue weighted by Gasteiger charge is -2.01. The third kappa shape index (κ3) is 4.58. The van der Waals surface area contributed by atoms with Crippen LogP contribution in [0.3, 0.4) is 0 Å². The number of carboxylic acids is 3. The first kappa shape index (κ1) is 22.5. The number of aryl methyl sites for hydroxylation is 2. The summed E-state index contributed by atoms with van der Waals surface area (Å²) < 4.78 is 4.83. The van der Waals surface area contributed by atoms with Crippen LogP contribution >= 0.6 is 0 Å². The van der Waals surface area contributed by atoms with Gasteiger partial charge in [-0.3, -0.25) is 0 Å². The summed E-state index contributed by atoms with van der Waals surface area (Å²) in [6, 6.07) is 0. The summed E-state index contributed by atoms with van der Waals surface area (Å²) in [6.07, 6.45) is 0. The van der Waals surface area contributed by atoms with Crippen LogP contribution in [0, 0.1) is 27.7 Å². The predicted molar refractivity (Wildman–Crippen MR) is 97.4 cm³/mol.